The van der Waals surface area contributed by atoms with Gasteiger partial charge in [-0.15, -0.1) is 0 Å². The van der Waals surface area contributed by atoms with Crippen LogP contribution in [0.15, 0.2) is 23.1 Å². The van der Waals surface area contributed by atoms with E-state index in [2.05, 4.69) is 55.4 Å². The minimum absolute atomic E-state index is 0.562. The second-order valence-corrected chi connectivity index (χ2v) is 24.5. The van der Waals surface area contributed by atoms with Crippen molar-refractivity contribution in [3.05, 3.63) is 29.3 Å². The van der Waals surface area contributed by atoms with Crippen LogP contribution >= 0.6 is 14.5 Å². The maximum atomic E-state index is 10.7. The predicted molar refractivity (Wildman–Crippen MR) is 217 cm³/mol. The van der Waals surface area contributed by atoms with Crippen LogP contribution in [0, 0.1) is 0 Å². The highest BCUT2D eigenvalue weighted by Crippen LogP contribution is 2.62. The highest BCUT2D eigenvalue weighted by atomic mass is 32.2. The van der Waals surface area contributed by atoms with Gasteiger partial charge in [0.1, 0.15) is 0 Å². The van der Waals surface area contributed by atoms with E-state index >= 15 is 0 Å². The second kappa shape index (κ2) is 30.4. The van der Waals surface area contributed by atoms with Crippen molar-refractivity contribution in [1.82, 2.24) is 0 Å². The highest BCUT2D eigenvalue weighted by Gasteiger charge is 2.35. The number of aromatic carboxylic acids is 2. The average Bonchev–Trinajstić information content (AvgIpc) is 3.10. The third kappa shape index (κ3) is 23.5. The first-order chi connectivity index (χ1) is 23.7. The Hall–Kier alpha value is -1.07. The van der Waals surface area contributed by atoms with Gasteiger partial charge in [-0.3, -0.25) is 4.55 Å². The van der Waals surface area contributed by atoms with Crippen molar-refractivity contribution >= 4 is 36.6 Å². The van der Waals surface area contributed by atoms with Crippen LogP contribution in [0.1, 0.15) is 179 Å². The van der Waals surface area contributed by atoms with Gasteiger partial charge in [-0.25, -0.2) is 0 Å². The van der Waals surface area contributed by atoms with Gasteiger partial charge < -0.3 is 19.8 Å². The Morgan fingerprint density at radius 3 is 0.820 bits per heavy atom. The van der Waals surface area contributed by atoms with Crippen molar-refractivity contribution < 1.29 is 32.8 Å². The zero-order valence-corrected chi connectivity index (χ0v) is 36.0. The zero-order chi connectivity index (χ0) is 38.5. The van der Waals surface area contributed by atoms with E-state index in [1.54, 1.807) is 49.3 Å². The van der Waals surface area contributed by atoms with Crippen LogP contribution in [0.3, 0.4) is 0 Å². The lowest BCUT2D eigenvalue weighted by Gasteiger charge is -2.28. The molecule has 0 radical (unpaired) electrons. The molecule has 0 saturated carbocycles. The number of hydrogen-bond donors (Lipinski definition) is 1. The van der Waals surface area contributed by atoms with Gasteiger partial charge in [-0.05, 0) is 80.7 Å². The lowest BCUT2D eigenvalue weighted by Crippen LogP contribution is -2.26. The summed E-state index contributed by atoms with van der Waals surface area (Å²) >= 11 is 0. The van der Waals surface area contributed by atoms with Crippen molar-refractivity contribution in [1.29, 1.82) is 0 Å². The Labute approximate surface area is 310 Å². The zero-order valence-electron chi connectivity index (χ0n) is 33.4. The maximum absolute atomic E-state index is 10.7. The maximum Gasteiger partial charge on any atom is 0.294 e. The van der Waals surface area contributed by atoms with Gasteiger partial charge in [-0.1, -0.05) is 107 Å². The molecule has 0 bridgehead atoms. The lowest BCUT2D eigenvalue weighted by atomic mass is 10.1. The topological polar surface area (TPSA) is 135 Å². The van der Waals surface area contributed by atoms with Crippen LogP contribution in [0.2, 0.25) is 0 Å². The van der Waals surface area contributed by atoms with E-state index in [4.69, 9.17) is 4.55 Å². The Bertz CT molecular complexity index is 981. The molecule has 1 aromatic rings. The van der Waals surface area contributed by atoms with Crippen LogP contribution < -0.4 is 10.2 Å². The Kier molecular flexibility index (Phi) is 31.0. The summed E-state index contributed by atoms with van der Waals surface area (Å²) in [6.07, 6.45) is 35.9. The molecular formula is C40H76O7P2S. The summed E-state index contributed by atoms with van der Waals surface area (Å²) < 4.78 is 30.1. The Balaban J connectivity index is 0. The number of carboxylic acids is 2. The summed E-state index contributed by atoms with van der Waals surface area (Å²) in [6, 6.07) is 1.83. The van der Waals surface area contributed by atoms with Crippen molar-refractivity contribution in [3.63, 3.8) is 0 Å². The highest BCUT2D eigenvalue weighted by molar-refractivity contribution is 7.85. The summed E-state index contributed by atoms with van der Waals surface area (Å²) in [5.41, 5.74) is -1.37. The normalized spacial score (nSPS) is 11.7. The molecule has 0 aliphatic heterocycles. The molecular weight excluding hydrogens is 686 g/mol. The fourth-order valence-corrected chi connectivity index (χ4v) is 17.4. The first-order valence-corrected chi connectivity index (χ1v) is 26.5. The third-order valence-corrected chi connectivity index (χ3v) is 20.5. The van der Waals surface area contributed by atoms with Crippen molar-refractivity contribution in [2.75, 3.05) is 49.3 Å². The first kappa shape index (κ1) is 51.0. The lowest BCUT2D eigenvalue weighted by molar-refractivity contribution is -0.255. The van der Waals surface area contributed by atoms with Gasteiger partial charge in [0.15, 0.2) is 0 Å². The number of carbonyl (C=O) groups excluding carboxylic acids is 2. The van der Waals surface area contributed by atoms with Gasteiger partial charge in [0.25, 0.3) is 10.1 Å². The second-order valence-electron chi connectivity index (χ2n) is 14.1. The monoisotopic (exact) mass is 762 g/mol. The van der Waals surface area contributed by atoms with Crippen LogP contribution in [0.5, 0.6) is 0 Å². The van der Waals surface area contributed by atoms with E-state index in [9.17, 15) is 28.2 Å². The molecule has 10 heteroatoms. The predicted octanol–water partition coefficient (Wildman–Crippen LogP) is 10.1. The molecule has 0 atom stereocenters. The molecule has 0 aromatic heterocycles. The molecule has 0 aliphatic rings. The van der Waals surface area contributed by atoms with Crippen LogP contribution in [0.25, 0.3) is 0 Å². The van der Waals surface area contributed by atoms with Crippen molar-refractivity contribution in [3.8, 4) is 0 Å². The number of benzene rings is 1. The quantitative estimate of drug-likeness (QED) is 0.0696. The van der Waals surface area contributed by atoms with Gasteiger partial charge >= 0.3 is 0 Å². The van der Waals surface area contributed by atoms with Crippen molar-refractivity contribution in [2.24, 2.45) is 0 Å². The smallest absolute Gasteiger partial charge is 0.294 e. The fraction of sp³-hybridized carbons (Fsp3) is 0.800. The van der Waals surface area contributed by atoms with Crippen LogP contribution in [-0.2, 0) is 10.1 Å². The van der Waals surface area contributed by atoms with E-state index < -0.39 is 52.6 Å². The van der Waals surface area contributed by atoms with E-state index in [1.807, 2.05) is 0 Å². The van der Waals surface area contributed by atoms with Gasteiger partial charge in [0.2, 0.25) is 0 Å². The van der Waals surface area contributed by atoms with Crippen molar-refractivity contribution in [2.45, 2.75) is 163 Å². The summed E-state index contributed by atoms with van der Waals surface area (Å²) in [4.78, 5) is 20.1. The molecule has 0 saturated heterocycles. The Morgan fingerprint density at radius 1 is 0.480 bits per heavy atom. The number of rotatable bonds is 27. The summed E-state index contributed by atoms with van der Waals surface area (Å²) in [5, 5.41) is 20.9. The molecule has 294 valence electrons. The molecule has 0 aliphatic carbocycles. The number of hydrogen-bond acceptors (Lipinski definition) is 6. The molecule has 0 spiro atoms. The molecule has 0 unspecified atom stereocenters. The molecule has 7 nitrogen and oxygen atoms in total. The molecule has 0 fully saturated rings. The molecule has 50 heavy (non-hydrogen) atoms. The third-order valence-electron chi connectivity index (χ3n) is 9.56. The van der Waals surface area contributed by atoms with E-state index in [0.29, 0.717) is 18.2 Å². The molecule has 1 N–H and O–H groups in total. The molecule has 0 amide bonds. The standard InChI is InChI=1S/2C16H36P.C8H6O7S/c2*1-5-9-13-17(14-10-6-2,15-11-7-3)16-12-8-4;9-7(10)4-1-5(8(11)12)3-6(2-4)16(13,14)15/h2*5-16H2,1-4H3;1-3H,(H,9,10)(H,11,12)(H,13,14,15)/q2*+1;/p-2. The summed E-state index contributed by atoms with van der Waals surface area (Å²) in [5.74, 6) is -3.54. The molecule has 1 aromatic carbocycles. The van der Waals surface area contributed by atoms with Crippen LogP contribution in [-0.4, -0.2) is 74.2 Å². The fourth-order valence-electron chi connectivity index (χ4n) is 6.27. The Morgan fingerprint density at radius 2 is 0.680 bits per heavy atom. The van der Waals surface area contributed by atoms with Gasteiger partial charge in [-0.2, -0.15) is 8.42 Å². The summed E-state index contributed by atoms with van der Waals surface area (Å²) in [7, 11) is -5.82. The number of carboxylic acid groups (broad SMARTS) is 2. The number of carbonyl (C=O) groups is 2. The van der Waals surface area contributed by atoms with E-state index in [0.717, 1.165) is 0 Å². The number of unbranched alkanes of at least 4 members (excludes halogenated alkanes) is 8. The SMILES string of the molecule is CCCC[P+](CCCC)(CCCC)CCCC.CCCC[P+](CCCC)(CCCC)CCCC.O=C([O-])c1cc(C(=O)[O-])cc(S(=O)(=O)O)c1. The molecule has 1 rings (SSSR count). The van der Waals surface area contributed by atoms with Gasteiger partial charge in [0.05, 0.1) is 66.1 Å². The van der Waals surface area contributed by atoms with E-state index in [1.165, 1.54) is 103 Å². The average molecular weight is 763 g/mol. The van der Waals surface area contributed by atoms with Gasteiger partial charge in [0, 0.05) is 14.5 Å². The molecule has 0 heterocycles. The first-order valence-electron chi connectivity index (χ1n) is 20.0. The minimum Gasteiger partial charge on any atom is -0.545 e. The van der Waals surface area contributed by atoms with Crippen LogP contribution in [0.4, 0.5) is 0 Å². The summed E-state index contributed by atoms with van der Waals surface area (Å²) in [6.45, 7) is 18.8. The minimum atomic E-state index is -4.70. The largest absolute Gasteiger partial charge is 0.545 e. The van der Waals surface area contributed by atoms with E-state index in [-0.39, 0.29) is 0 Å².